The van der Waals surface area contributed by atoms with Crippen LogP contribution in [0.2, 0.25) is 0 Å². The van der Waals surface area contributed by atoms with Gasteiger partial charge in [-0.25, -0.2) is 0 Å². The Morgan fingerprint density at radius 1 is 1.17 bits per heavy atom. The molecule has 10 heteroatoms. The molecular formula is C26H29N3O7. The van der Waals surface area contributed by atoms with E-state index in [4.69, 9.17) is 5.73 Å². The molecule has 1 amide bonds. The number of nitrogens with zero attached hydrogens (tertiary/aromatic N) is 2. The second-order valence-corrected chi connectivity index (χ2v) is 9.99. The molecule has 6 N–H and O–H groups in total. The van der Waals surface area contributed by atoms with Gasteiger partial charge in [0.05, 0.1) is 18.2 Å². The monoisotopic (exact) mass is 495 g/mol. The first-order chi connectivity index (χ1) is 16.8. The average Bonchev–Trinajstić information content (AvgIpc) is 2.77. The number of benzene rings is 1. The number of likely N-dealkylation sites (N-methyl/N-ethyl adjacent to an activating group) is 1. The number of primary amides is 1. The van der Waals surface area contributed by atoms with E-state index in [1.807, 2.05) is 19.0 Å². The van der Waals surface area contributed by atoms with Gasteiger partial charge in [0.1, 0.15) is 22.8 Å². The van der Waals surface area contributed by atoms with Crippen molar-refractivity contribution in [1.82, 2.24) is 9.80 Å². The molecule has 3 aliphatic carbocycles. The van der Waals surface area contributed by atoms with Gasteiger partial charge in [-0.1, -0.05) is 11.8 Å². The molecule has 1 aromatic carbocycles. The molecule has 0 bridgehead atoms. The zero-order valence-electron chi connectivity index (χ0n) is 20.5. The summed E-state index contributed by atoms with van der Waals surface area (Å²) in [6.45, 7) is 0.486. The first-order valence-corrected chi connectivity index (χ1v) is 11.5. The standard InChI is InChI=1S/C26H29N3O7/c1-28(2)9-5-6-12-7-8-16(30)18-14(12)10-13-11-15-20(29(3)4)22(32)19(25(27)35)24(34)26(15,36)23(33)17(13)21(18)31/h7-8,13,15,20,30-31,34,36H,9-11H2,1-4H3,(H2,27,35)/t13-,15-,20-,26-/m1/s1. The summed E-state index contributed by atoms with van der Waals surface area (Å²) >= 11 is 0. The molecule has 0 aromatic heterocycles. The zero-order chi connectivity index (χ0) is 26.7. The highest BCUT2D eigenvalue weighted by atomic mass is 16.3. The summed E-state index contributed by atoms with van der Waals surface area (Å²) in [4.78, 5) is 42.3. The molecule has 4 atom stereocenters. The predicted octanol–water partition coefficient (Wildman–Crippen LogP) is -0.123. The average molecular weight is 496 g/mol. The third-order valence-electron chi connectivity index (χ3n) is 7.22. The Hall–Kier alpha value is -3.65. The second-order valence-electron chi connectivity index (χ2n) is 9.99. The van der Waals surface area contributed by atoms with Crippen LogP contribution in [0.5, 0.6) is 5.75 Å². The van der Waals surface area contributed by atoms with Gasteiger partial charge >= 0.3 is 0 Å². The number of ketones is 2. The van der Waals surface area contributed by atoms with Crippen molar-refractivity contribution in [2.45, 2.75) is 24.5 Å². The second kappa shape index (κ2) is 8.78. The van der Waals surface area contributed by atoms with Crippen molar-refractivity contribution in [2.75, 3.05) is 34.7 Å². The van der Waals surface area contributed by atoms with Gasteiger partial charge in [-0.3, -0.25) is 24.2 Å². The van der Waals surface area contributed by atoms with Crippen LogP contribution < -0.4 is 5.73 Å². The summed E-state index contributed by atoms with van der Waals surface area (Å²) < 4.78 is 0. The maximum atomic E-state index is 13.8. The highest BCUT2D eigenvalue weighted by molar-refractivity contribution is 6.24. The Labute approximate surface area is 208 Å². The van der Waals surface area contributed by atoms with E-state index in [1.165, 1.54) is 11.0 Å². The lowest BCUT2D eigenvalue weighted by Crippen LogP contribution is -2.65. The molecular weight excluding hydrogens is 466 g/mol. The van der Waals surface area contributed by atoms with Crippen molar-refractivity contribution in [3.63, 3.8) is 0 Å². The lowest BCUT2D eigenvalue weighted by atomic mass is 9.57. The number of Topliss-reactive ketones (excluding diaryl/α,β-unsaturated/α-hetero) is 2. The maximum Gasteiger partial charge on any atom is 0.255 e. The van der Waals surface area contributed by atoms with E-state index in [2.05, 4.69) is 11.8 Å². The van der Waals surface area contributed by atoms with E-state index < -0.39 is 58.0 Å². The number of carbonyl (C=O) groups is 3. The Balaban J connectivity index is 1.93. The number of nitrogens with two attached hydrogens (primary N) is 1. The Kier molecular flexibility index (Phi) is 6.21. The fraction of sp³-hybridized carbons (Fsp3) is 0.423. The number of hydrogen-bond acceptors (Lipinski definition) is 9. The number of carbonyl (C=O) groups excluding carboxylic acids is 3. The molecule has 190 valence electrons. The van der Waals surface area contributed by atoms with Crippen LogP contribution in [0.25, 0.3) is 5.76 Å². The molecule has 10 nitrogen and oxygen atoms in total. The lowest BCUT2D eigenvalue weighted by Gasteiger charge is -2.50. The van der Waals surface area contributed by atoms with Gasteiger partial charge in [-0.2, -0.15) is 0 Å². The van der Waals surface area contributed by atoms with Crippen molar-refractivity contribution >= 4 is 23.2 Å². The van der Waals surface area contributed by atoms with Crippen LogP contribution in [-0.4, -0.2) is 94.1 Å². The molecule has 1 aromatic rings. The van der Waals surface area contributed by atoms with Crippen LogP contribution in [-0.2, 0) is 20.8 Å². The van der Waals surface area contributed by atoms with Gasteiger partial charge in [0, 0.05) is 17.1 Å². The molecule has 0 radical (unpaired) electrons. The predicted molar refractivity (Wildman–Crippen MR) is 130 cm³/mol. The normalized spacial score (nSPS) is 27.5. The third-order valence-corrected chi connectivity index (χ3v) is 7.22. The highest BCUT2D eigenvalue weighted by Crippen LogP contribution is 2.52. The van der Waals surface area contributed by atoms with Gasteiger partial charge < -0.3 is 26.2 Å². The minimum atomic E-state index is -2.65. The van der Waals surface area contributed by atoms with E-state index in [9.17, 15) is 34.8 Å². The molecule has 4 rings (SSSR count). The van der Waals surface area contributed by atoms with E-state index >= 15 is 0 Å². The zero-order valence-corrected chi connectivity index (χ0v) is 20.5. The number of aliphatic hydroxyl groups is 3. The van der Waals surface area contributed by atoms with Crippen molar-refractivity contribution in [3.05, 3.63) is 45.7 Å². The summed E-state index contributed by atoms with van der Waals surface area (Å²) in [5.41, 5.74) is 2.81. The summed E-state index contributed by atoms with van der Waals surface area (Å²) in [6, 6.07) is 1.88. The largest absolute Gasteiger partial charge is 0.508 e. The van der Waals surface area contributed by atoms with Crippen LogP contribution in [0.4, 0.5) is 0 Å². The number of amides is 1. The molecule has 0 saturated heterocycles. The SMILES string of the molecule is CN(C)CC#Cc1ccc(O)c2c1C[C@@H]1C[C@@H]3[C@@H](N(C)C)C(=O)C(C(N)=O)=C(O)[C@]3(O)C(=O)C1=C2O. The Morgan fingerprint density at radius 3 is 2.42 bits per heavy atom. The van der Waals surface area contributed by atoms with Crippen LogP contribution in [0, 0.1) is 23.7 Å². The third kappa shape index (κ3) is 3.59. The topological polar surface area (TPSA) is 165 Å². The lowest BCUT2D eigenvalue weighted by molar-refractivity contribution is -0.153. The smallest absolute Gasteiger partial charge is 0.255 e. The molecule has 0 spiro atoms. The van der Waals surface area contributed by atoms with Crippen molar-refractivity contribution in [3.8, 4) is 17.6 Å². The van der Waals surface area contributed by atoms with Gasteiger partial charge in [0.2, 0.25) is 5.78 Å². The van der Waals surface area contributed by atoms with Gasteiger partial charge in [0.15, 0.2) is 11.4 Å². The van der Waals surface area contributed by atoms with E-state index in [0.717, 1.165) is 0 Å². The first kappa shape index (κ1) is 25.4. The summed E-state index contributed by atoms with van der Waals surface area (Å²) in [6.07, 6.45) is 0.237. The fourth-order valence-electron chi connectivity index (χ4n) is 5.65. The van der Waals surface area contributed by atoms with Gasteiger partial charge in [-0.15, -0.1) is 0 Å². The number of rotatable bonds is 3. The maximum absolute atomic E-state index is 13.8. The van der Waals surface area contributed by atoms with Crippen molar-refractivity contribution in [2.24, 2.45) is 17.6 Å². The molecule has 0 aliphatic heterocycles. The molecule has 0 unspecified atom stereocenters. The van der Waals surface area contributed by atoms with Crippen molar-refractivity contribution in [1.29, 1.82) is 0 Å². The Morgan fingerprint density at radius 2 is 1.83 bits per heavy atom. The van der Waals surface area contributed by atoms with Crippen LogP contribution in [0.1, 0.15) is 23.1 Å². The number of phenolic OH excluding ortho intramolecular Hbond substituents is 1. The van der Waals surface area contributed by atoms with E-state index in [1.54, 1.807) is 20.2 Å². The number of aromatic hydroxyl groups is 1. The highest BCUT2D eigenvalue weighted by Gasteiger charge is 2.64. The molecule has 1 saturated carbocycles. The van der Waals surface area contributed by atoms with Crippen molar-refractivity contribution < 1.29 is 34.8 Å². The number of fused-ring (bicyclic) bond motifs is 3. The Bertz CT molecular complexity index is 1310. The number of hydrogen-bond donors (Lipinski definition) is 5. The van der Waals surface area contributed by atoms with E-state index in [-0.39, 0.29) is 29.7 Å². The molecule has 0 heterocycles. The minimum absolute atomic E-state index is 0.0305. The molecule has 36 heavy (non-hydrogen) atoms. The van der Waals surface area contributed by atoms with Gasteiger partial charge in [-0.05, 0) is 64.6 Å². The summed E-state index contributed by atoms with van der Waals surface area (Å²) in [5.74, 6) is -0.664. The summed E-state index contributed by atoms with van der Waals surface area (Å²) in [5, 5.41) is 44.2. The number of aliphatic hydroxyl groups excluding tert-OH is 2. The van der Waals surface area contributed by atoms with Crippen LogP contribution in [0.15, 0.2) is 29.0 Å². The van der Waals surface area contributed by atoms with Crippen LogP contribution >= 0.6 is 0 Å². The molecule has 3 aliphatic rings. The van der Waals surface area contributed by atoms with Gasteiger partial charge in [0.25, 0.3) is 5.91 Å². The summed E-state index contributed by atoms with van der Waals surface area (Å²) in [7, 11) is 6.86. The van der Waals surface area contributed by atoms with E-state index in [0.29, 0.717) is 17.7 Å². The molecule has 1 fully saturated rings. The van der Waals surface area contributed by atoms with Crippen LogP contribution in [0.3, 0.4) is 0 Å². The fourth-order valence-corrected chi connectivity index (χ4v) is 5.65. The quantitative estimate of drug-likeness (QED) is 0.284. The first-order valence-electron chi connectivity index (χ1n) is 11.5. The number of phenols is 1. The minimum Gasteiger partial charge on any atom is -0.508 e.